The van der Waals surface area contributed by atoms with Crippen LogP contribution in [-0.4, -0.2) is 39.1 Å². The van der Waals surface area contributed by atoms with E-state index in [2.05, 4.69) is 15.6 Å². The minimum absolute atomic E-state index is 0.0951. The number of rotatable bonds is 6. The van der Waals surface area contributed by atoms with E-state index in [0.29, 0.717) is 28.4 Å². The van der Waals surface area contributed by atoms with Crippen LogP contribution in [0.15, 0.2) is 41.4 Å². The molecule has 8 nitrogen and oxygen atoms in total. The molecule has 158 valence electrons. The Kier molecular flexibility index (Phi) is 6.56. The molecule has 1 aliphatic rings. The number of carbonyl (C=O) groups excluding carboxylic acids is 2. The zero-order chi connectivity index (χ0) is 21.7. The van der Waals surface area contributed by atoms with Crippen molar-refractivity contribution in [2.45, 2.75) is 25.8 Å². The number of guanidine groups is 1. The SMILES string of the molecule is CCc1ccc(C(=O)NC2=N[C@@H](c3ccc(OC)c(OC)c3OC)CC(=O)N2)cc1. The third kappa shape index (κ3) is 4.37. The van der Waals surface area contributed by atoms with Crippen LogP contribution in [0.5, 0.6) is 17.2 Å². The Labute approximate surface area is 175 Å². The average Bonchev–Trinajstić information content (AvgIpc) is 2.77. The quantitative estimate of drug-likeness (QED) is 0.762. The third-order valence-electron chi connectivity index (χ3n) is 4.87. The highest BCUT2D eigenvalue weighted by molar-refractivity contribution is 6.10. The van der Waals surface area contributed by atoms with Crippen LogP contribution in [0.1, 0.15) is 40.9 Å². The van der Waals surface area contributed by atoms with Crippen molar-refractivity contribution < 1.29 is 23.8 Å². The van der Waals surface area contributed by atoms with E-state index in [-0.39, 0.29) is 24.2 Å². The van der Waals surface area contributed by atoms with Crippen molar-refractivity contribution in [3.8, 4) is 17.2 Å². The largest absolute Gasteiger partial charge is 0.493 e. The molecule has 0 saturated carbocycles. The molecular formula is C22H25N3O5. The molecule has 0 unspecified atom stereocenters. The molecule has 0 spiro atoms. The summed E-state index contributed by atoms with van der Waals surface area (Å²) in [5.74, 6) is 0.838. The minimum atomic E-state index is -0.550. The lowest BCUT2D eigenvalue weighted by Gasteiger charge is -2.24. The number of benzene rings is 2. The van der Waals surface area contributed by atoms with E-state index < -0.39 is 6.04 Å². The second-order valence-electron chi connectivity index (χ2n) is 6.67. The summed E-state index contributed by atoms with van der Waals surface area (Å²) < 4.78 is 16.2. The molecule has 0 radical (unpaired) electrons. The summed E-state index contributed by atoms with van der Waals surface area (Å²) in [5.41, 5.74) is 2.27. The molecule has 2 aromatic rings. The second kappa shape index (κ2) is 9.30. The first kappa shape index (κ1) is 21.2. The van der Waals surface area contributed by atoms with Gasteiger partial charge in [-0.1, -0.05) is 19.1 Å². The fourth-order valence-electron chi connectivity index (χ4n) is 3.29. The van der Waals surface area contributed by atoms with Gasteiger partial charge in [-0.3, -0.25) is 20.2 Å². The van der Waals surface area contributed by atoms with Gasteiger partial charge < -0.3 is 14.2 Å². The Morgan fingerprint density at radius 1 is 1.07 bits per heavy atom. The van der Waals surface area contributed by atoms with Crippen molar-refractivity contribution in [3.63, 3.8) is 0 Å². The molecule has 1 aliphatic heterocycles. The summed E-state index contributed by atoms with van der Waals surface area (Å²) in [4.78, 5) is 29.4. The Morgan fingerprint density at radius 3 is 2.37 bits per heavy atom. The number of aryl methyl sites for hydroxylation is 1. The monoisotopic (exact) mass is 411 g/mol. The normalized spacial score (nSPS) is 15.7. The summed E-state index contributed by atoms with van der Waals surface area (Å²) >= 11 is 0. The van der Waals surface area contributed by atoms with Crippen LogP contribution in [0, 0.1) is 0 Å². The van der Waals surface area contributed by atoms with Gasteiger partial charge in [-0.05, 0) is 36.2 Å². The molecule has 8 heteroatoms. The summed E-state index contributed by atoms with van der Waals surface area (Å²) in [6, 6.07) is 10.2. The molecule has 0 fully saturated rings. The van der Waals surface area contributed by atoms with Crippen molar-refractivity contribution in [2.75, 3.05) is 21.3 Å². The highest BCUT2D eigenvalue weighted by atomic mass is 16.5. The molecule has 0 saturated heterocycles. The number of amides is 2. The maximum atomic E-state index is 12.6. The number of nitrogens with zero attached hydrogens (tertiary/aromatic N) is 1. The number of aliphatic imine (C=N–C) groups is 1. The van der Waals surface area contributed by atoms with Crippen molar-refractivity contribution >= 4 is 17.8 Å². The van der Waals surface area contributed by atoms with E-state index in [1.54, 1.807) is 24.3 Å². The Hall–Kier alpha value is -3.55. The average molecular weight is 411 g/mol. The van der Waals surface area contributed by atoms with Crippen LogP contribution in [0.25, 0.3) is 0 Å². The fourth-order valence-corrected chi connectivity index (χ4v) is 3.29. The summed E-state index contributed by atoms with van der Waals surface area (Å²) in [5, 5.41) is 5.28. The van der Waals surface area contributed by atoms with Gasteiger partial charge in [0.25, 0.3) is 5.91 Å². The number of ether oxygens (including phenoxy) is 3. The molecule has 0 aromatic heterocycles. The van der Waals surface area contributed by atoms with Crippen molar-refractivity contribution in [1.29, 1.82) is 0 Å². The molecule has 1 atom stereocenters. The lowest BCUT2D eigenvalue weighted by molar-refractivity contribution is -0.120. The van der Waals surface area contributed by atoms with Gasteiger partial charge in [0.05, 0.1) is 33.8 Å². The van der Waals surface area contributed by atoms with Crippen molar-refractivity contribution in [2.24, 2.45) is 4.99 Å². The van der Waals surface area contributed by atoms with Crippen LogP contribution >= 0.6 is 0 Å². The topological polar surface area (TPSA) is 98.2 Å². The van der Waals surface area contributed by atoms with Gasteiger partial charge >= 0.3 is 0 Å². The standard InChI is InChI=1S/C22H25N3O5/c1-5-13-6-8-14(9-7-13)21(27)25-22-23-16(12-18(26)24-22)15-10-11-17(28-2)20(30-4)19(15)29-3/h6-11,16H,5,12H2,1-4H3,(H2,23,24,25,26,27)/t16-/m1/s1. The summed E-state index contributed by atoms with van der Waals surface area (Å²) in [6.45, 7) is 2.05. The van der Waals surface area contributed by atoms with Crippen LogP contribution in [0.4, 0.5) is 0 Å². The van der Waals surface area contributed by atoms with E-state index in [4.69, 9.17) is 14.2 Å². The minimum Gasteiger partial charge on any atom is -0.493 e. The van der Waals surface area contributed by atoms with Gasteiger partial charge in [0.15, 0.2) is 11.5 Å². The molecule has 30 heavy (non-hydrogen) atoms. The van der Waals surface area contributed by atoms with Gasteiger partial charge in [0, 0.05) is 11.1 Å². The number of hydrogen-bond acceptors (Lipinski definition) is 6. The van der Waals surface area contributed by atoms with Gasteiger partial charge in [0.2, 0.25) is 17.6 Å². The van der Waals surface area contributed by atoms with E-state index in [0.717, 1.165) is 12.0 Å². The van der Waals surface area contributed by atoms with Gasteiger partial charge in [0.1, 0.15) is 0 Å². The van der Waals surface area contributed by atoms with Gasteiger partial charge in [-0.25, -0.2) is 4.99 Å². The Bertz CT molecular complexity index is 969. The third-order valence-corrected chi connectivity index (χ3v) is 4.87. The molecular weight excluding hydrogens is 386 g/mol. The summed E-state index contributed by atoms with van der Waals surface area (Å²) in [7, 11) is 4.55. The first-order valence-electron chi connectivity index (χ1n) is 9.57. The fraction of sp³-hybridized carbons (Fsp3) is 0.318. The number of hydrogen-bond donors (Lipinski definition) is 2. The number of carbonyl (C=O) groups is 2. The number of methoxy groups -OCH3 is 3. The Balaban J connectivity index is 1.89. The van der Waals surface area contributed by atoms with Crippen LogP contribution in [-0.2, 0) is 11.2 Å². The van der Waals surface area contributed by atoms with E-state index in [1.807, 2.05) is 19.1 Å². The molecule has 2 amide bonds. The zero-order valence-electron chi connectivity index (χ0n) is 17.4. The van der Waals surface area contributed by atoms with Crippen molar-refractivity contribution in [1.82, 2.24) is 10.6 Å². The first-order valence-corrected chi connectivity index (χ1v) is 9.57. The smallest absolute Gasteiger partial charge is 0.257 e. The molecule has 0 bridgehead atoms. The highest BCUT2D eigenvalue weighted by Crippen LogP contribution is 2.43. The van der Waals surface area contributed by atoms with Gasteiger partial charge in [-0.15, -0.1) is 0 Å². The predicted molar refractivity (Wildman–Crippen MR) is 112 cm³/mol. The molecule has 1 heterocycles. The summed E-state index contributed by atoms with van der Waals surface area (Å²) in [6.07, 6.45) is 0.996. The van der Waals surface area contributed by atoms with E-state index in [1.165, 1.54) is 21.3 Å². The number of nitrogens with one attached hydrogen (secondary N) is 2. The maximum absolute atomic E-state index is 12.6. The van der Waals surface area contributed by atoms with Crippen molar-refractivity contribution in [3.05, 3.63) is 53.1 Å². The van der Waals surface area contributed by atoms with Crippen LogP contribution in [0.3, 0.4) is 0 Å². The first-order chi connectivity index (χ1) is 14.5. The second-order valence-corrected chi connectivity index (χ2v) is 6.67. The van der Waals surface area contributed by atoms with E-state index in [9.17, 15) is 9.59 Å². The lowest BCUT2D eigenvalue weighted by Crippen LogP contribution is -2.47. The molecule has 2 N–H and O–H groups in total. The van der Waals surface area contributed by atoms with Crippen LogP contribution < -0.4 is 24.8 Å². The zero-order valence-corrected chi connectivity index (χ0v) is 17.4. The predicted octanol–water partition coefficient (Wildman–Crippen LogP) is 2.62. The van der Waals surface area contributed by atoms with Crippen LogP contribution in [0.2, 0.25) is 0 Å². The maximum Gasteiger partial charge on any atom is 0.257 e. The Morgan fingerprint density at radius 2 is 1.77 bits per heavy atom. The van der Waals surface area contributed by atoms with E-state index >= 15 is 0 Å². The van der Waals surface area contributed by atoms with Gasteiger partial charge in [-0.2, -0.15) is 0 Å². The lowest BCUT2D eigenvalue weighted by atomic mass is 10.0. The highest BCUT2D eigenvalue weighted by Gasteiger charge is 2.28. The molecule has 2 aromatic carbocycles. The molecule has 3 rings (SSSR count). The molecule has 0 aliphatic carbocycles.